The van der Waals surface area contributed by atoms with Crippen molar-refractivity contribution >= 4 is 58.2 Å². The van der Waals surface area contributed by atoms with Gasteiger partial charge in [-0.25, -0.2) is 4.79 Å². The molecule has 3 aromatic rings. The van der Waals surface area contributed by atoms with E-state index in [1.54, 1.807) is 18.3 Å². The molecule has 0 saturated carbocycles. The van der Waals surface area contributed by atoms with Gasteiger partial charge in [0.15, 0.2) is 0 Å². The van der Waals surface area contributed by atoms with E-state index in [0.29, 0.717) is 23.3 Å². The summed E-state index contributed by atoms with van der Waals surface area (Å²) in [5, 5.41) is 33.5. The third kappa shape index (κ3) is 12.9. The second-order valence-electron chi connectivity index (χ2n) is 12.5. The number of aromatic amines is 1. The normalized spacial score (nSPS) is 13.4. The molecule has 3 rings (SSSR count). The van der Waals surface area contributed by atoms with Gasteiger partial charge in [-0.15, -0.1) is 0 Å². The molecule has 0 aliphatic carbocycles. The maximum atomic E-state index is 13.7. The lowest BCUT2D eigenvalue weighted by molar-refractivity contribution is -0.142. The van der Waals surface area contributed by atoms with E-state index in [2.05, 4.69) is 31.6 Å². The molecule has 0 aliphatic heterocycles. The molecule has 1 aromatic heterocycles. The van der Waals surface area contributed by atoms with Crippen LogP contribution in [0.15, 0.2) is 54.7 Å². The number of fused-ring (bicyclic) bond motifs is 1. The minimum atomic E-state index is -1.33. The minimum absolute atomic E-state index is 0.00223. The molecule has 0 aliphatic rings. The standard InChI is InChI=1S/C35H47N7O8S/c1-20(2)14-27(40-31(45)19-38-32(46)26(12-13-51-3)39-30(44)17-36)33(47)41-28(15-21-8-10-23(43)11-9-21)34(48)42-29(35(49)50)16-22-18-37-25-7-5-4-6-24(22)25/h4-11,18,20,26-29,37,43H,12-17,19,36H2,1-3H3,(H,38,46)(H,39,44)(H,40,45)(H,41,47)(H,42,48)(H,49,50)/t26-,27-,28-,29-/m0/s1. The van der Waals surface area contributed by atoms with Crippen molar-refractivity contribution in [2.45, 2.75) is 63.7 Å². The first-order chi connectivity index (χ1) is 24.3. The number of aromatic nitrogens is 1. The van der Waals surface area contributed by atoms with Gasteiger partial charge >= 0.3 is 5.97 Å². The van der Waals surface area contributed by atoms with E-state index in [4.69, 9.17) is 5.73 Å². The van der Waals surface area contributed by atoms with Gasteiger partial charge in [-0.1, -0.05) is 44.2 Å². The van der Waals surface area contributed by atoms with Crippen LogP contribution in [0.4, 0.5) is 0 Å². The van der Waals surface area contributed by atoms with Crippen molar-refractivity contribution in [3.8, 4) is 5.75 Å². The van der Waals surface area contributed by atoms with Crippen LogP contribution in [0, 0.1) is 5.92 Å². The van der Waals surface area contributed by atoms with Crippen molar-refractivity contribution in [2.24, 2.45) is 11.7 Å². The molecular weight excluding hydrogens is 678 g/mol. The van der Waals surface area contributed by atoms with E-state index < -0.39 is 66.2 Å². The molecule has 0 fully saturated rings. The van der Waals surface area contributed by atoms with Crippen LogP contribution in [0.1, 0.15) is 37.8 Å². The predicted octanol–water partition coefficient (Wildman–Crippen LogP) is 0.557. The fourth-order valence-electron chi connectivity index (χ4n) is 5.34. The van der Waals surface area contributed by atoms with Gasteiger partial charge in [0, 0.05) is 29.9 Å². The van der Waals surface area contributed by atoms with E-state index in [9.17, 15) is 39.0 Å². The average Bonchev–Trinajstić information content (AvgIpc) is 3.51. The highest BCUT2D eigenvalue weighted by atomic mass is 32.2. The topological polar surface area (TPSA) is 245 Å². The molecule has 276 valence electrons. The fourth-order valence-corrected chi connectivity index (χ4v) is 5.81. The van der Waals surface area contributed by atoms with Gasteiger partial charge in [-0.05, 0) is 60.1 Å². The predicted molar refractivity (Wildman–Crippen MR) is 194 cm³/mol. The van der Waals surface area contributed by atoms with Crippen LogP contribution < -0.4 is 32.3 Å². The second kappa shape index (κ2) is 19.9. The number of hydrogen-bond donors (Lipinski definition) is 9. The van der Waals surface area contributed by atoms with E-state index in [0.717, 1.165) is 10.9 Å². The largest absolute Gasteiger partial charge is 0.508 e. The van der Waals surface area contributed by atoms with Crippen LogP contribution in [0.5, 0.6) is 5.75 Å². The Labute approximate surface area is 300 Å². The number of aromatic hydroxyl groups is 1. The molecule has 0 bridgehead atoms. The highest BCUT2D eigenvalue weighted by Crippen LogP contribution is 2.19. The molecule has 1 heterocycles. The molecule has 0 spiro atoms. The molecule has 51 heavy (non-hydrogen) atoms. The lowest BCUT2D eigenvalue weighted by Crippen LogP contribution is -2.57. The molecular formula is C35H47N7O8S. The van der Waals surface area contributed by atoms with Crippen LogP contribution in [0.3, 0.4) is 0 Å². The van der Waals surface area contributed by atoms with Gasteiger partial charge in [0.05, 0.1) is 13.1 Å². The van der Waals surface area contributed by atoms with Crippen LogP contribution in [-0.2, 0) is 41.6 Å². The molecule has 5 amide bonds. The molecule has 0 unspecified atom stereocenters. The van der Waals surface area contributed by atoms with E-state index in [-0.39, 0.29) is 37.5 Å². The smallest absolute Gasteiger partial charge is 0.326 e. The highest BCUT2D eigenvalue weighted by Gasteiger charge is 2.31. The number of nitrogens with two attached hydrogens (primary N) is 1. The number of hydrogen-bond acceptors (Lipinski definition) is 9. The van der Waals surface area contributed by atoms with Crippen molar-refractivity contribution < 1.29 is 39.0 Å². The number of aliphatic carboxylic acids is 1. The van der Waals surface area contributed by atoms with Crippen LogP contribution in [-0.4, -0.2) is 100.0 Å². The Hall–Kier alpha value is -5.09. The lowest BCUT2D eigenvalue weighted by atomic mass is 10.00. The van der Waals surface area contributed by atoms with Crippen molar-refractivity contribution in [2.75, 3.05) is 25.1 Å². The number of nitrogens with one attached hydrogen (secondary N) is 6. The first-order valence-corrected chi connectivity index (χ1v) is 17.9. The van der Waals surface area contributed by atoms with Gasteiger partial charge in [-0.2, -0.15) is 11.8 Å². The number of amides is 5. The molecule has 2 aromatic carbocycles. The monoisotopic (exact) mass is 725 g/mol. The van der Waals surface area contributed by atoms with Gasteiger partial charge in [-0.3, -0.25) is 24.0 Å². The van der Waals surface area contributed by atoms with Crippen molar-refractivity contribution in [1.82, 2.24) is 31.6 Å². The first kappa shape index (κ1) is 40.3. The summed E-state index contributed by atoms with van der Waals surface area (Å²) < 4.78 is 0. The molecule has 0 saturated heterocycles. The van der Waals surface area contributed by atoms with Crippen LogP contribution >= 0.6 is 11.8 Å². The van der Waals surface area contributed by atoms with Gasteiger partial charge in [0.25, 0.3) is 0 Å². The van der Waals surface area contributed by atoms with Crippen molar-refractivity contribution in [3.63, 3.8) is 0 Å². The number of thioether (sulfide) groups is 1. The lowest BCUT2D eigenvalue weighted by Gasteiger charge is -2.25. The second-order valence-corrected chi connectivity index (χ2v) is 13.5. The number of para-hydroxylation sites is 1. The summed E-state index contributed by atoms with van der Waals surface area (Å²) in [7, 11) is 0. The Bertz CT molecular complexity index is 1660. The van der Waals surface area contributed by atoms with Gasteiger partial charge in [0.2, 0.25) is 29.5 Å². The first-order valence-electron chi connectivity index (χ1n) is 16.5. The zero-order valence-electron chi connectivity index (χ0n) is 28.9. The number of phenols is 1. The van der Waals surface area contributed by atoms with E-state index >= 15 is 0 Å². The number of benzene rings is 2. The maximum Gasteiger partial charge on any atom is 0.326 e. The van der Waals surface area contributed by atoms with Crippen LogP contribution in [0.25, 0.3) is 10.9 Å². The number of carboxylic acids is 1. The number of rotatable bonds is 20. The van der Waals surface area contributed by atoms with Crippen molar-refractivity contribution in [3.05, 3.63) is 65.9 Å². The Morgan fingerprint density at radius 1 is 0.804 bits per heavy atom. The molecule has 4 atom stereocenters. The quantitative estimate of drug-likeness (QED) is 0.0783. The summed E-state index contributed by atoms with van der Waals surface area (Å²) in [5.41, 5.74) is 7.43. The minimum Gasteiger partial charge on any atom is -0.508 e. The molecule has 0 radical (unpaired) electrons. The average molecular weight is 726 g/mol. The Morgan fingerprint density at radius 2 is 1.45 bits per heavy atom. The van der Waals surface area contributed by atoms with E-state index in [1.165, 1.54) is 23.9 Å². The summed E-state index contributed by atoms with van der Waals surface area (Å²) in [6.45, 7) is 2.89. The van der Waals surface area contributed by atoms with Gasteiger partial charge in [0.1, 0.15) is 29.9 Å². The highest BCUT2D eigenvalue weighted by molar-refractivity contribution is 7.98. The zero-order chi connectivity index (χ0) is 37.5. The SMILES string of the molecule is CSCC[C@H](NC(=O)CN)C(=O)NCC(=O)N[C@@H](CC(C)C)C(=O)N[C@@H](Cc1ccc(O)cc1)C(=O)N[C@@H](Cc1c[nH]c2ccccc12)C(=O)O. The summed E-state index contributed by atoms with van der Waals surface area (Å²) in [4.78, 5) is 80.4. The van der Waals surface area contributed by atoms with E-state index in [1.807, 2.05) is 44.4 Å². The third-order valence-corrected chi connectivity index (χ3v) is 8.60. The molecule has 10 N–H and O–H groups in total. The number of carbonyl (C=O) groups excluding carboxylic acids is 5. The maximum absolute atomic E-state index is 13.7. The zero-order valence-corrected chi connectivity index (χ0v) is 29.7. The Balaban J connectivity index is 1.75. The Kier molecular flexibility index (Phi) is 15.8. The molecule has 16 heteroatoms. The molecule has 15 nitrogen and oxygen atoms in total. The summed E-state index contributed by atoms with van der Waals surface area (Å²) in [6, 6.07) is 8.73. The third-order valence-electron chi connectivity index (χ3n) is 7.95. The fraction of sp³-hybridized carbons (Fsp3) is 0.429. The van der Waals surface area contributed by atoms with Crippen LogP contribution in [0.2, 0.25) is 0 Å². The van der Waals surface area contributed by atoms with Gasteiger partial charge < -0.3 is 47.5 Å². The number of carboxylic acid groups (broad SMARTS) is 1. The summed E-state index contributed by atoms with van der Waals surface area (Å²) in [6.07, 6.45) is 3.94. The number of phenolic OH excluding ortho intramolecular Hbond substituents is 1. The number of H-pyrrole nitrogens is 1. The Morgan fingerprint density at radius 3 is 2.10 bits per heavy atom. The summed E-state index contributed by atoms with van der Waals surface area (Å²) >= 11 is 1.48. The van der Waals surface area contributed by atoms with Crippen molar-refractivity contribution in [1.29, 1.82) is 0 Å². The number of carbonyl (C=O) groups is 6. The summed E-state index contributed by atoms with van der Waals surface area (Å²) in [5.74, 6) is -4.02.